The second-order valence-corrected chi connectivity index (χ2v) is 15.2. The van der Waals surface area contributed by atoms with Gasteiger partial charge in [-0.1, -0.05) is 24.3 Å². The summed E-state index contributed by atoms with van der Waals surface area (Å²) in [6, 6.07) is 0. The molecule has 0 aromatic rings. The summed E-state index contributed by atoms with van der Waals surface area (Å²) in [4.78, 5) is 50.0. The molecule has 0 heterocycles. The normalized spacial score (nSPS) is 27.4. The predicted molar refractivity (Wildman–Crippen MR) is 185 cm³/mol. The van der Waals surface area contributed by atoms with Gasteiger partial charge in [0, 0.05) is 0 Å². The van der Waals surface area contributed by atoms with Crippen LogP contribution in [-0.4, -0.2) is 50.3 Å². The summed E-state index contributed by atoms with van der Waals surface area (Å²) in [5, 5.41) is 0. The monoisotopic (exact) mass is 668 g/mol. The van der Waals surface area contributed by atoms with Gasteiger partial charge in [0.1, 0.15) is 0 Å². The molecule has 0 N–H and O–H groups in total. The number of hydrogen-bond donors (Lipinski definition) is 0. The molecule has 48 heavy (non-hydrogen) atoms. The van der Waals surface area contributed by atoms with E-state index in [1.807, 2.05) is 12.2 Å². The van der Waals surface area contributed by atoms with E-state index in [1.165, 1.54) is 0 Å². The highest BCUT2D eigenvalue weighted by Gasteiger charge is 2.77. The second-order valence-electron chi connectivity index (χ2n) is 15.2. The van der Waals surface area contributed by atoms with E-state index in [0.29, 0.717) is 65.0 Å². The minimum absolute atomic E-state index is 0.133. The molecular weight excluding hydrogens is 608 g/mol. The summed E-state index contributed by atoms with van der Waals surface area (Å²) in [6.07, 6.45) is 27.6. The molecule has 6 aliphatic rings. The van der Waals surface area contributed by atoms with E-state index in [0.717, 1.165) is 103 Å². The zero-order chi connectivity index (χ0) is 34.4. The maximum absolute atomic E-state index is 12.6. The van der Waals surface area contributed by atoms with Gasteiger partial charge in [-0.15, -0.1) is 13.2 Å². The molecular formula is C40H60O8. The molecule has 0 aromatic carbocycles. The maximum Gasteiger partial charge on any atom is 0.312 e. The molecule has 6 saturated carbocycles. The quantitative estimate of drug-likeness (QED) is 0.0353. The van der Waals surface area contributed by atoms with Crippen molar-refractivity contribution in [3.8, 4) is 0 Å². The first-order chi connectivity index (χ1) is 23.3. The predicted octanol–water partition coefficient (Wildman–Crippen LogP) is 8.67. The Morgan fingerprint density at radius 2 is 0.646 bits per heavy atom. The van der Waals surface area contributed by atoms with Crippen molar-refractivity contribution in [3.05, 3.63) is 37.5 Å². The van der Waals surface area contributed by atoms with E-state index in [4.69, 9.17) is 18.9 Å². The highest BCUT2D eigenvalue weighted by atomic mass is 16.5. The Hall–Kier alpha value is -2.90. The van der Waals surface area contributed by atoms with Crippen molar-refractivity contribution in [2.75, 3.05) is 26.4 Å². The average Bonchev–Trinajstić information content (AvgIpc) is 2.98. The van der Waals surface area contributed by atoms with Crippen LogP contribution in [-0.2, 0) is 38.1 Å². The van der Waals surface area contributed by atoms with Gasteiger partial charge in [0.2, 0.25) is 0 Å². The number of hydrogen-bond acceptors (Lipinski definition) is 8. The van der Waals surface area contributed by atoms with E-state index in [9.17, 15) is 19.2 Å². The molecule has 0 saturated heterocycles. The zero-order valence-corrected chi connectivity index (χ0v) is 29.4. The number of allylic oxidation sites excluding steroid dienone is 4. The Balaban J connectivity index is 0.897. The van der Waals surface area contributed by atoms with Crippen molar-refractivity contribution in [1.82, 2.24) is 0 Å². The molecule has 0 spiro atoms. The number of esters is 4. The van der Waals surface area contributed by atoms with Gasteiger partial charge in [-0.25, -0.2) is 0 Å². The van der Waals surface area contributed by atoms with Crippen molar-refractivity contribution in [2.45, 2.75) is 141 Å². The van der Waals surface area contributed by atoms with Crippen molar-refractivity contribution in [2.24, 2.45) is 21.7 Å². The smallest absolute Gasteiger partial charge is 0.312 e. The van der Waals surface area contributed by atoms with E-state index < -0.39 is 21.7 Å². The number of rotatable bonds is 28. The summed E-state index contributed by atoms with van der Waals surface area (Å²) in [7, 11) is 0. The Kier molecular flexibility index (Phi) is 14.4. The van der Waals surface area contributed by atoms with Crippen LogP contribution in [0.1, 0.15) is 141 Å². The molecule has 6 rings (SSSR count). The summed E-state index contributed by atoms with van der Waals surface area (Å²) < 4.78 is 22.1. The van der Waals surface area contributed by atoms with Crippen molar-refractivity contribution in [3.63, 3.8) is 0 Å². The number of carbonyl (C=O) groups excluding carboxylic acids is 4. The summed E-state index contributed by atoms with van der Waals surface area (Å²) in [6.45, 7) is 9.25. The lowest BCUT2D eigenvalue weighted by molar-refractivity contribution is -0.237. The van der Waals surface area contributed by atoms with E-state index in [-0.39, 0.29) is 23.9 Å². The molecule has 6 fully saturated rings. The van der Waals surface area contributed by atoms with Gasteiger partial charge in [-0.05, 0) is 141 Å². The largest absolute Gasteiger partial charge is 0.465 e. The lowest BCUT2D eigenvalue weighted by atomic mass is 9.35. The van der Waals surface area contributed by atoms with Crippen LogP contribution in [0.25, 0.3) is 0 Å². The standard InChI is InChI=1S/C40H60O8/c1-3-5-7-15-19-23-45-33(41)37-27-39(28-37,29-37)35(43)47-25-21-17-13-11-9-10-12-14-18-22-26-48-36(44)40-30-38(31-40,32-40)34(42)46-24-20-16-8-6-4-2/h3-4,9-10H,1-2,5-8,11-32H2/b10-9+. The van der Waals surface area contributed by atoms with Gasteiger partial charge in [-0.2, -0.15) is 0 Å². The van der Waals surface area contributed by atoms with E-state index >= 15 is 0 Å². The Morgan fingerprint density at radius 3 is 0.896 bits per heavy atom. The van der Waals surface area contributed by atoms with Gasteiger partial charge in [0.25, 0.3) is 0 Å². The molecule has 0 aliphatic heterocycles. The molecule has 4 bridgehead atoms. The van der Waals surface area contributed by atoms with Crippen molar-refractivity contribution < 1.29 is 38.1 Å². The topological polar surface area (TPSA) is 105 Å². The molecule has 0 amide bonds. The van der Waals surface area contributed by atoms with Crippen LogP contribution in [0.5, 0.6) is 0 Å². The van der Waals surface area contributed by atoms with Crippen molar-refractivity contribution in [1.29, 1.82) is 0 Å². The van der Waals surface area contributed by atoms with E-state index in [1.54, 1.807) is 0 Å². The fraction of sp³-hybridized carbons (Fsp3) is 0.750. The van der Waals surface area contributed by atoms with Crippen molar-refractivity contribution >= 4 is 23.9 Å². The number of ether oxygens (including phenoxy) is 4. The van der Waals surface area contributed by atoms with Crippen LogP contribution in [0, 0.1) is 21.7 Å². The van der Waals surface area contributed by atoms with Crippen LogP contribution in [0.4, 0.5) is 0 Å². The second kappa shape index (κ2) is 18.2. The Morgan fingerprint density at radius 1 is 0.396 bits per heavy atom. The van der Waals surface area contributed by atoms with Gasteiger partial charge >= 0.3 is 23.9 Å². The van der Waals surface area contributed by atoms with Crippen LogP contribution >= 0.6 is 0 Å². The molecule has 0 atom stereocenters. The highest BCUT2D eigenvalue weighted by molar-refractivity contribution is 5.92. The minimum atomic E-state index is -0.435. The minimum Gasteiger partial charge on any atom is -0.465 e. The third-order valence-electron chi connectivity index (χ3n) is 11.0. The molecule has 0 radical (unpaired) electrons. The molecule has 268 valence electrons. The van der Waals surface area contributed by atoms with Gasteiger partial charge in [0.05, 0.1) is 48.1 Å². The van der Waals surface area contributed by atoms with Gasteiger partial charge in [0.15, 0.2) is 0 Å². The first-order valence-corrected chi connectivity index (χ1v) is 18.8. The zero-order valence-electron chi connectivity index (χ0n) is 29.4. The number of unbranched alkanes of at least 4 members (excludes halogenated alkanes) is 12. The molecule has 0 aromatic heterocycles. The number of carbonyl (C=O) groups is 4. The fourth-order valence-corrected chi connectivity index (χ4v) is 8.17. The third kappa shape index (κ3) is 9.41. The van der Waals surface area contributed by atoms with Crippen LogP contribution < -0.4 is 0 Å². The highest BCUT2D eigenvalue weighted by Crippen LogP contribution is 2.75. The van der Waals surface area contributed by atoms with Gasteiger partial charge < -0.3 is 18.9 Å². The van der Waals surface area contributed by atoms with Crippen LogP contribution in [0.15, 0.2) is 37.5 Å². The maximum atomic E-state index is 12.6. The third-order valence-corrected chi connectivity index (χ3v) is 11.0. The molecule has 6 aliphatic carbocycles. The first kappa shape index (κ1) is 37.9. The van der Waals surface area contributed by atoms with Crippen LogP contribution in [0.2, 0.25) is 0 Å². The van der Waals surface area contributed by atoms with E-state index in [2.05, 4.69) is 25.3 Å². The molecule has 8 nitrogen and oxygen atoms in total. The lowest BCUT2D eigenvalue weighted by Crippen LogP contribution is -2.69. The first-order valence-electron chi connectivity index (χ1n) is 18.8. The van der Waals surface area contributed by atoms with Gasteiger partial charge in [-0.3, -0.25) is 19.2 Å². The molecule has 8 heteroatoms. The Labute approximate surface area is 288 Å². The average molecular weight is 669 g/mol. The summed E-state index contributed by atoms with van der Waals surface area (Å²) >= 11 is 0. The SMILES string of the molecule is C=CCCCCCOC(=O)C12CC(C(=O)OCCCCC/C=C/CCCCCOC(=O)C34CC(C(=O)OCCCCCC=C)(C3)C4)(C1)C2. The lowest BCUT2D eigenvalue weighted by Gasteiger charge is -2.66. The van der Waals surface area contributed by atoms with Crippen LogP contribution in [0.3, 0.4) is 0 Å². The fourth-order valence-electron chi connectivity index (χ4n) is 8.17. The summed E-state index contributed by atoms with van der Waals surface area (Å²) in [5.41, 5.74) is -1.72. The Bertz CT molecular complexity index is 1020. The molecule has 0 unspecified atom stereocenters. The summed E-state index contributed by atoms with van der Waals surface area (Å²) in [5.74, 6) is -0.538.